The molecular formula is C17H26N4O. The lowest BCUT2D eigenvalue weighted by Gasteiger charge is -2.28. The van der Waals surface area contributed by atoms with Crippen LogP contribution in [0.3, 0.4) is 0 Å². The first kappa shape index (κ1) is 14.1. The van der Waals surface area contributed by atoms with E-state index in [9.17, 15) is 4.79 Å². The summed E-state index contributed by atoms with van der Waals surface area (Å²) < 4.78 is 2.08. The van der Waals surface area contributed by atoms with Gasteiger partial charge in [-0.1, -0.05) is 0 Å². The molecule has 0 radical (unpaired) electrons. The minimum atomic E-state index is 0.0127. The maximum Gasteiger partial charge on any atom is 0.315 e. The number of fused-ring (bicyclic) bond motifs is 1. The molecule has 5 nitrogen and oxygen atoms in total. The summed E-state index contributed by atoms with van der Waals surface area (Å²) in [5.41, 5.74) is 2.65. The van der Waals surface area contributed by atoms with Gasteiger partial charge in [-0.25, -0.2) is 4.79 Å². The first-order valence-electron chi connectivity index (χ1n) is 8.74. The summed E-state index contributed by atoms with van der Waals surface area (Å²) in [6.45, 7) is 4.29. The fraction of sp³-hybridized carbons (Fsp3) is 0.765. The van der Waals surface area contributed by atoms with Crippen LogP contribution in [0, 0.1) is 5.92 Å². The normalized spacial score (nSPS) is 25.7. The molecule has 2 fully saturated rings. The van der Waals surface area contributed by atoms with Crippen LogP contribution in [0.1, 0.15) is 75.7 Å². The quantitative estimate of drug-likeness (QED) is 0.898. The summed E-state index contributed by atoms with van der Waals surface area (Å²) in [6, 6.07) is 0.442. The van der Waals surface area contributed by atoms with Crippen molar-refractivity contribution in [3.8, 4) is 0 Å². The topological polar surface area (TPSA) is 59.0 Å². The zero-order valence-corrected chi connectivity index (χ0v) is 13.6. The Balaban J connectivity index is 1.47. The third kappa shape index (κ3) is 2.40. The maximum atomic E-state index is 12.5. The summed E-state index contributed by atoms with van der Waals surface area (Å²) in [5, 5.41) is 11.0. The molecule has 0 aromatic carbocycles. The molecule has 120 valence electrons. The van der Waals surface area contributed by atoms with E-state index >= 15 is 0 Å². The van der Waals surface area contributed by atoms with E-state index < -0.39 is 0 Å². The number of aryl methyl sites for hydroxylation is 1. The maximum absolute atomic E-state index is 12.5. The van der Waals surface area contributed by atoms with Crippen molar-refractivity contribution >= 4 is 6.03 Å². The van der Waals surface area contributed by atoms with Gasteiger partial charge in [0.1, 0.15) is 0 Å². The average Bonchev–Trinajstić information content (AvgIpc) is 3.37. The van der Waals surface area contributed by atoms with E-state index in [1.807, 2.05) is 6.20 Å². The third-order valence-electron chi connectivity index (χ3n) is 5.49. The van der Waals surface area contributed by atoms with Crippen LogP contribution < -0.4 is 10.6 Å². The van der Waals surface area contributed by atoms with E-state index in [1.54, 1.807) is 0 Å². The monoisotopic (exact) mass is 302 g/mol. The Labute approximate surface area is 131 Å². The molecule has 5 heteroatoms. The second-order valence-electron chi connectivity index (χ2n) is 7.57. The largest absolute Gasteiger partial charge is 0.332 e. The summed E-state index contributed by atoms with van der Waals surface area (Å²) in [6.07, 6.45) is 10.1. The Bertz CT molecular complexity index is 583. The van der Waals surface area contributed by atoms with Crippen LogP contribution in [-0.4, -0.2) is 21.4 Å². The smallest absolute Gasteiger partial charge is 0.315 e. The van der Waals surface area contributed by atoms with Gasteiger partial charge < -0.3 is 10.6 Å². The molecule has 1 heterocycles. The van der Waals surface area contributed by atoms with Crippen LogP contribution in [0.4, 0.5) is 4.79 Å². The highest BCUT2D eigenvalue weighted by molar-refractivity contribution is 5.76. The number of nitrogens with one attached hydrogen (secondary N) is 2. The number of hydrogen-bond donors (Lipinski definition) is 2. The fourth-order valence-corrected chi connectivity index (χ4v) is 4.00. The van der Waals surface area contributed by atoms with Crippen molar-refractivity contribution in [3.63, 3.8) is 0 Å². The fourth-order valence-electron chi connectivity index (χ4n) is 4.00. The van der Waals surface area contributed by atoms with Crippen molar-refractivity contribution < 1.29 is 4.79 Å². The molecule has 22 heavy (non-hydrogen) atoms. The summed E-state index contributed by atoms with van der Waals surface area (Å²) in [5.74, 6) is 0.737. The predicted octanol–water partition coefficient (Wildman–Crippen LogP) is 3.08. The number of aromatic nitrogens is 2. The molecule has 2 saturated carbocycles. The second-order valence-corrected chi connectivity index (χ2v) is 7.57. The molecule has 1 aromatic rings. The molecule has 4 rings (SSSR count). The zero-order valence-electron chi connectivity index (χ0n) is 13.6. The molecule has 1 aromatic heterocycles. The van der Waals surface area contributed by atoms with Crippen molar-refractivity contribution in [2.24, 2.45) is 5.92 Å². The van der Waals surface area contributed by atoms with Gasteiger partial charge >= 0.3 is 6.03 Å². The van der Waals surface area contributed by atoms with Gasteiger partial charge in [0.25, 0.3) is 0 Å². The molecule has 3 aliphatic rings. The van der Waals surface area contributed by atoms with Crippen molar-refractivity contribution in [1.82, 2.24) is 20.4 Å². The van der Waals surface area contributed by atoms with Crippen LogP contribution in [0.2, 0.25) is 0 Å². The number of urea groups is 1. The summed E-state index contributed by atoms with van der Waals surface area (Å²) in [4.78, 5) is 12.5. The zero-order chi connectivity index (χ0) is 15.3. The van der Waals surface area contributed by atoms with E-state index in [1.165, 1.54) is 24.1 Å². The molecule has 2 N–H and O–H groups in total. The van der Waals surface area contributed by atoms with E-state index in [2.05, 4.69) is 34.3 Å². The summed E-state index contributed by atoms with van der Waals surface area (Å²) in [7, 11) is 0. The van der Waals surface area contributed by atoms with Gasteiger partial charge in [0.2, 0.25) is 0 Å². The molecule has 0 bridgehead atoms. The van der Waals surface area contributed by atoms with Gasteiger partial charge in [-0.05, 0) is 70.3 Å². The van der Waals surface area contributed by atoms with Crippen molar-refractivity contribution in [2.45, 2.75) is 76.4 Å². The minimum absolute atomic E-state index is 0.0127. The van der Waals surface area contributed by atoms with Gasteiger partial charge in [0, 0.05) is 11.6 Å². The lowest BCUT2D eigenvalue weighted by atomic mass is 9.93. The lowest BCUT2D eigenvalue weighted by Crippen LogP contribution is -2.46. The predicted molar refractivity (Wildman–Crippen MR) is 84.6 cm³/mol. The summed E-state index contributed by atoms with van der Waals surface area (Å²) >= 11 is 0. The highest BCUT2D eigenvalue weighted by Gasteiger charge is 2.54. The Morgan fingerprint density at radius 2 is 2.14 bits per heavy atom. The Morgan fingerprint density at radius 3 is 2.77 bits per heavy atom. The van der Waals surface area contributed by atoms with Crippen molar-refractivity contribution in [2.75, 3.05) is 0 Å². The molecule has 0 spiro atoms. The SMILES string of the molecule is CC(C)n1ncc2c1C(NC(=O)NC1(C3CC3)CC1)CCC2. The van der Waals surface area contributed by atoms with Gasteiger partial charge in [0.15, 0.2) is 0 Å². The third-order valence-corrected chi connectivity index (χ3v) is 5.49. The van der Waals surface area contributed by atoms with Gasteiger partial charge in [-0.2, -0.15) is 5.10 Å². The number of hydrogen-bond acceptors (Lipinski definition) is 2. The first-order chi connectivity index (χ1) is 10.6. The van der Waals surface area contributed by atoms with Crippen LogP contribution in [0.15, 0.2) is 6.20 Å². The lowest BCUT2D eigenvalue weighted by molar-refractivity contribution is 0.227. The number of nitrogens with zero attached hydrogens (tertiary/aromatic N) is 2. The Kier molecular flexibility index (Phi) is 3.20. The Morgan fingerprint density at radius 1 is 1.36 bits per heavy atom. The number of amides is 2. The number of carbonyl (C=O) groups excluding carboxylic acids is 1. The molecule has 1 atom stereocenters. The van der Waals surface area contributed by atoms with Crippen molar-refractivity contribution in [3.05, 3.63) is 17.5 Å². The molecule has 1 unspecified atom stereocenters. The molecular weight excluding hydrogens is 276 g/mol. The highest BCUT2D eigenvalue weighted by Crippen LogP contribution is 2.53. The number of rotatable bonds is 4. The van der Waals surface area contributed by atoms with Crippen molar-refractivity contribution in [1.29, 1.82) is 0 Å². The average molecular weight is 302 g/mol. The molecule has 0 saturated heterocycles. The standard InChI is InChI=1S/C17H26N4O/c1-11(2)21-15-12(10-18-21)4-3-5-14(15)19-16(22)20-17(8-9-17)13-6-7-13/h10-11,13-14H,3-9H2,1-2H3,(H2,19,20,22). The minimum Gasteiger partial charge on any atom is -0.332 e. The van der Waals surface area contributed by atoms with Gasteiger partial charge in [-0.3, -0.25) is 4.68 Å². The van der Waals surface area contributed by atoms with Crippen LogP contribution in [-0.2, 0) is 6.42 Å². The first-order valence-corrected chi connectivity index (χ1v) is 8.74. The van der Waals surface area contributed by atoms with E-state index in [4.69, 9.17) is 0 Å². The molecule has 2 amide bonds. The van der Waals surface area contributed by atoms with E-state index in [0.717, 1.165) is 38.0 Å². The highest BCUT2D eigenvalue weighted by atomic mass is 16.2. The van der Waals surface area contributed by atoms with E-state index in [0.29, 0.717) is 6.04 Å². The van der Waals surface area contributed by atoms with Crippen LogP contribution in [0.5, 0.6) is 0 Å². The van der Waals surface area contributed by atoms with E-state index in [-0.39, 0.29) is 17.6 Å². The Hall–Kier alpha value is -1.52. The second kappa shape index (κ2) is 5.00. The van der Waals surface area contributed by atoms with Crippen LogP contribution >= 0.6 is 0 Å². The number of carbonyl (C=O) groups is 1. The van der Waals surface area contributed by atoms with Crippen LogP contribution in [0.25, 0.3) is 0 Å². The van der Waals surface area contributed by atoms with Gasteiger partial charge in [0.05, 0.1) is 17.9 Å². The van der Waals surface area contributed by atoms with Gasteiger partial charge in [-0.15, -0.1) is 0 Å². The molecule has 0 aliphatic heterocycles. The molecule has 3 aliphatic carbocycles.